The Balaban J connectivity index is 2.34. The van der Waals surface area contributed by atoms with Crippen molar-refractivity contribution in [1.29, 1.82) is 0 Å². The van der Waals surface area contributed by atoms with Crippen molar-refractivity contribution in [3.8, 4) is 0 Å². The Kier molecular flexibility index (Phi) is 2.81. The number of hydrogen-bond acceptors (Lipinski definition) is 2. The fourth-order valence-corrected chi connectivity index (χ4v) is 2.24. The first-order valence-corrected chi connectivity index (χ1v) is 5.54. The maximum Gasteiger partial charge on any atom is 0.0588 e. The summed E-state index contributed by atoms with van der Waals surface area (Å²) in [4.78, 5) is 0. The smallest absolute Gasteiger partial charge is 0.0588 e. The molecule has 0 amide bonds. The summed E-state index contributed by atoms with van der Waals surface area (Å²) in [7, 11) is 0. The van der Waals surface area contributed by atoms with E-state index < -0.39 is 0 Å². The SMILES string of the molecule is Cc1cccc(C2(C(C)CN)COC2)c1. The lowest BCUT2D eigenvalue weighted by Crippen LogP contribution is -2.53. The second-order valence-corrected chi connectivity index (χ2v) is 4.66. The van der Waals surface area contributed by atoms with Gasteiger partial charge < -0.3 is 10.5 Å². The summed E-state index contributed by atoms with van der Waals surface area (Å²) < 4.78 is 5.40. The van der Waals surface area contributed by atoms with E-state index in [-0.39, 0.29) is 5.41 Å². The van der Waals surface area contributed by atoms with Crippen LogP contribution in [0.15, 0.2) is 24.3 Å². The number of benzene rings is 1. The minimum Gasteiger partial charge on any atom is -0.379 e. The highest BCUT2D eigenvalue weighted by molar-refractivity contribution is 5.32. The van der Waals surface area contributed by atoms with Crippen LogP contribution in [-0.2, 0) is 10.2 Å². The molecule has 1 aromatic rings. The summed E-state index contributed by atoms with van der Waals surface area (Å²) >= 11 is 0. The van der Waals surface area contributed by atoms with E-state index in [1.165, 1.54) is 11.1 Å². The van der Waals surface area contributed by atoms with Gasteiger partial charge >= 0.3 is 0 Å². The Bertz CT molecular complexity index is 344. The molecule has 2 nitrogen and oxygen atoms in total. The van der Waals surface area contributed by atoms with Gasteiger partial charge in [-0.2, -0.15) is 0 Å². The van der Waals surface area contributed by atoms with E-state index in [1.54, 1.807) is 0 Å². The normalized spacial score (nSPS) is 20.7. The molecule has 0 aliphatic carbocycles. The van der Waals surface area contributed by atoms with Crippen molar-refractivity contribution in [2.75, 3.05) is 19.8 Å². The number of rotatable bonds is 3. The van der Waals surface area contributed by atoms with Crippen LogP contribution >= 0.6 is 0 Å². The van der Waals surface area contributed by atoms with Gasteiger partial charge in [0.05, 0.1) is 13.2 Å². The van der Waals surface area contributed by atoms with Crippen molar-refractivity contribution in [2.24, 2.45) is 11.7 Å². The van der Waals surface area contributed by atoms with Gasteiger partial charge in [0.1, 0.15) is 0 Å². The van der Waals surface area contributed by atoms with Gasteiger partial charge in [-0.15, -0.1) is 0 Å². The third-order valence-corrected chi connectivity index (χ3v) is 3.61. The maximum absolute atomic E-state index is 5.79. The van der Waals surface area contributed by atoms with Crippen LogP contribution in [0.3, 0.4) is 0 Å². The summed E-state index contributed by atoms with van der Waals surface area (Å²) in [6.07, 6.45) is 0. The minimum atomic E-state index is 0.167. The Hall–Kier alpha value is -0.860. The Labute approximate surface area is 91.4 Å². The van der Waals surface area contributed by atoms with E-state index in [0.29, 0.717) is 5.92 Å². The highest BCUT2D eigenvalue weighted by Crippen LogP contribution is 2.39. The van der Waals surface area contributed by atoms with Crippen molar-refractivity contribution in [2.45, 2.75) is 19.3 Å². The average molecular weight is 205 g/mol. The van der Waals surface area contributed by atoms with Gasteiger partial charge in [-0.1, -0.05) is 36.8 Å². The zero-order valence-corrected chi connectivity index (χ0v) is 9.49. The van der Waals surface area contributed by atoms with Gasteiger partial charge in [0, 0.05) is 5.41 Å². The molecule has 1 aliphatic rings. The van der Waals surface area contributed by atoms with Crippen molar-refractivity contribution >= 4 is 0 Å². The topological polar surface area (TPSA) is 35.2 Å². The summed E-state index contributed by atoms with van der Waals surface area (Å²) in [5, 5.41) is 0. The third-order valence-electron chi connectivity index (χ3n) is 3.61. The first-order valence-electron chi connectivity index (χ1n) is 5.54. The van der Waals surface area contributed by atoms with Gasteiger partial charge in [-0.3, -0.25) is 0 Å². The first kappa shape index (κ1) is 10.7. The lowest BCUT2D eigenvalue weighted by molar-refractivity contribution is -0.0854. The predicted octanol–water partition coefficient (Wildman–Crippen LogP) is 1.86. The molecule has 0 radical (unpaired) electrons. The molecular weight excluding hydrogens is 186 g/mol. The summed E-state index contributed by atoms with van der Waals surface area (Å²) in [6.45, 7) is 6.69. The second-order valence-electron chi connectivity index (χ2n) is 4.66. The molecule has 2 N–H and O–H groups in total. The number of hydrogen-bond donors (Lipinski definition) is 1. The monoisotopic (exact) mass is 205 g/mol. The standard InChI is InChI=1S/C13H19NO/c1-10-4-3-5-12(6-10)13(8-15-9-13)11(2)7-14/h3-6,11H,7-9,14H2,1-2H3. The average Bonchev–Trinajstić information content (AvgIpc) is 2.16. The zero-order chi connectivity index (χ0) is 10.9. The molecule has 2 rings (SSSR count). The van der Waals surface area contributed by atoms with Crippen LogP contribution in [0.2, 0.25) is 0 Å². The summed E-state index contributed by atoms with van der Waals surface area (Å²) in [5.74, 6) is 0.480. The van der Waals surface area contributed by atoms with Gasteiger partial charge in [-0.25, -0.2) is 0 Å². The van der Waals surface area contributed by atoms with Crippen molar-refractivity contribution < 1.29 is 4.74 Å². The van der Waals surface area contributed by atoms with Crippen LogP contribution in [0.25, 0.3) is 0 Å². The molecule has 1 atom stereocenters. The number of nitrogens with two attached hydrogens (primary N) is 1. The molecule has 1 unspecified atom stereocenters. The maximum atomic E-state index is 5.79. The Morgan fingerprint density at radius 3 is 2.67 bits per heavy atom. The molecule has 1 heterocycles. The minimum absolute atomic E-state index is 0.167. The molecule has 1 aliphatic heterocycles. The van der Waals surface area contributed by atoms with Crippen LogP contribution < -0.4 is 5.73 Å². The molecule has 1 aromatic carbocycles. The van der Waals surface area contributed by atoms with E-state index in [9.17, 15) is 0 Å². The van der Waals surface area contributed by atoms with Crippen molar-refractivity contribution in [3.05, 3.63) is 35.4 Å². The predicted molar refractivity (Wildman–Crippen MR) is 61.9 cm³/mol. The molecule has 15 heavy (non-hydrogen) atoms. The van der Waals surface area contributed by atoms with Crippen LogP contribution in [0.4, 0.5) is 0 Å². The molecule has 0 aromatic heterocycles. The molecule has 0 saturated carbocycles. The highest BCUT2D eigenvalue weighted by Gasteiger charge is 2.44. The van der Waals surface area contributed by atoms with Gasteiger partial charge in [0.15, 0.2) is 0 Å². The Morgan fingerprint density at radius 1 is 1.47 bits per heavy atom. The van der Waals surface area contributed by atoms with Crippen LogP contribution in [-0.4, -0.2) is 19.8 Å². The number of ether oxygens (including phenoxy) is 1. The fraction of sp³-hybridized carbons (Fsp3) is 0.538. The van der Waals surface area contributed by atoms with E-state index in [2.05, 4.69) is 38.1 Å². The van der Waals surface area contributed by atoms with E-state index in [4.69, 9.17) is 10.5 Å². The Morgan fingerprint density at radius 2 is 2.20 bits per heavy atom. The molecule has 1 fully saturated rings. The third kappa shape index (κ3) is 1.68. The molecule has 82 valence electrons. The van der Waals surface area contributed by atoms with Crippen molar-refractivity contribution in [1.82, 2.24) is 0 Å². The molecule has 1 saturated heterocycles. The van der Waals surface area contributed by atoms with Crippen LogP contribution in [0.5, 0.6) is 0 Å². The van der Waals surface area contributed by atoms with Crippen LogP contribution in [0.1, 0.15) is 18.1 Å². The number of aryl methyl sites for hydroxylation is 1. The molecular formula is C13H19NO. The molecule has 0 bridgehead atoms. The molecule has 2 heteroatoms. The first-order chi connectivity index (χ1) is 7.19. The lowest BCUT2D eigenvalue weighted by atomic mass is 9.69. The zero-order valence-electron chi connectivity index (χ0n) is 9.49. The van der Waals surface area contributed by atoms with Crippen molar-refractivity contribution in [3.63, 3.8) is 0 Å². The van der Waals surface area contributed by atoms with E-state index in [1.807, 2.05) is 0 Å². The van der Waals surface area contributed by atoms with E-state index >= 15 is 0 Å². The van der Waals surface area contributed by atoms with Gasteiger partial charge in [0.25, 0.3) is 0 Å². The molecule has 0 spiro atoms. The van der Waals surface area contributed by atoms with Gasteiger partial charge in [-0.05, 0) is 24.9 Å². The van der Waals surface area contributed by atoms with E-state index in [0.717, 1.165) is 19.8 Å². The quantitative estimate of drug-likeness (QED) is 0.817. The van der Waals surface area contributed by atoms with Crippen LogP contribution in [0, 0.1) is 12.8 Å². The highest BCUT2D eigenvalue weighted by atomic mass is 16.5. The fourth-order valence-electron chi connectivity index (χ4n) is 2.24. The van der Waals surface area contributed by atoms with Gasteiger partial charge in [0.2, 0.25) is 0 Å². The second kappa shape index (κ2) is 3.95. The largest absolute Gasteiger partial charge is 0.379 e. The summed E-state index contributed by atoms with van der Waals surface area (Å²) in [6, 6.07) is 8.70. The lowest BCUT2D eigenvalue weighted by Gasteiger charge is -2.46. The summed E-state index contributed by atoms with van der Waals surface area (Å²) in [5.41, 5.74) is 8.64.